The second kappa shape index (κ2) is 6.82. The van der Waals surface area contributed by atoms with Crippen LogP contribution >= 0.6 is 0 Å². The number of urea groups is 1. The van der Waals surface area contributed by atoms with E-state index in [9.17, 15) is 9.18 Å². The van der Waals surface area contributed by atoms with Gasteiger partial charge in [-0.3, -0.25) is 4.68 Å². The number of amides is 2. The molecule has 2 aromatic heterocycles. The molecule has 1 aliphatic rings. The lowest BCUT2D eigenvalue weighted by atomic mass is 10.1. The summed E-state index contributed by atoms with van der Waals surface area (Å²) in [5.41, 5.74) is 3.01. The van der Waals surface area contributed by atoms with Gasteiger partial charge in [-0.25, -0.2) is 9.18 Å². The second-order valence-corrected chi connectivity index (χ2v) is 6.34. The van der Waals surface area contributed by atoms with Gasteiger partial charge >= 0.3 is 6.03 Å². The van der Waals surface area contributed by atoms with Crippen LogP contribution in [-0.2, 0) is 20.0 Å². The van der Waals surface area contributed by atoms with Crippen molar-refractivity contribution in [2.75, 3.05) is 13.1 Å². The van der Waals surface area contributed by atoms with Gasteiger partial charge in [0.25, 0.3) is 5.89 Å². The number of hydrogen-bond donors (Lipinski definition) is 1. The zero-order valence-electron chi connectivity index (χ0n) is 15.1. The normalized spacial score (nSPS) is 13.5. The molecule has 2 amide bonds. The Morgan fingerprint density at radius 1 is 1.41 bits per heavy atom. The van der Waals surface area contributed by atoms with Gasteiger partial charge in [-0.15, -0.1) is 0 Å². The lowest BCUT2D eigenvalue weighted by molar-refractivity contribution is 0.192. The fourth-order valence-electron chi connectivity index (χ4n) is 3.27. The zero-order chi connectivity index (χ0) is 19.0. The Hall–Kier alpha value is -3.23. The van der Waals surface area contributed by atoms with Gasteiger partial charge in [-0.05, 0) is 19.1 Å². The van der Waals surface area contributed by atoms with Gasteiger partial charge in [0, 0.05) is 43.4 Å². The van der Waals surface area contributed by atoms with Gasteiger partial charge in [-0.2, -0.15) is 10.1 Å². The summed E-state index contributed by atoms with van der Waals surface area (Å²) in [6.45, 7) is 3.50. The Balaban J connectivity index is 1.67. The summed E-state index contributed by atoms with van der Waals surface area (Å²) >= 11 is 0. The number of nitrogens with zero attached hydrogens (tertiary/aromatic N) is 5. The largest absolute Gasteiger partial charge is 0.338 e. The molecule has 3 aromatic rings. The first-order valence-electron chi connectivity index (χ1n) is 8.74. The topological polar surface area (TPSA) is 89.1 Å². The van der Waals surface area contributed by atoms with Gasteiger partial charge < -0.3 is 14.7 Å². The minimum absolute atomic E-state index is 0.107. The average molecular weight is 370 g/mol. The molecule has 0 radical (unpaired) electrons. The minimum Gasteiger partial charge on any atom is -0.338 e. The molecule has 0 saturated heterocycles. The van der Waals surface area contributed by atoms with Gasteiger partial charge in [0.2, 0.25) is 5.82 Å². The van der Waals surface area contributed by atoms with Gasteiger partial charge in [0.15, 0.2) is 5.69 Å². The maximum absolute atomic E-state index is 13.4. The van der Waals surface area contributed by atoms with E-state index in [1.165, 1.54) is 12.1 Å². The van der Waals surface area contributed by atoms with Crippen LogP contribution in [0.3, 0.4) is 0 Å². The molecule has 140 valence electrons. The van der Waals surface area contributed by atoms with Crippen LogP contribution in [0.1, 0.15) is 18.2 Å². The third-order valence-corrected chi connectivity index (χ3v) is 4.57. The van der Waals surface area contributed by atoms with E-state index in [1.54, 1.807) is 21.7 Å². The molecule has 4 rings (SSSR count). The van der Waals surface area contributed by atoms with E-state index < -0.39 is 0 Å². The molecular formula is C18H19FN6O2. The first kappa shape index (κ1) is 17.2. The van der Waals surface area contributed by atoms with Crippen LogP contribution in [0.5, 0.6) is 0 Å². The SMILES string of the molecule is CCNC(=O)N1CCc2c(c(-c3nc(-c4cccc(F)c4)no3)nn2C)C1. The van der Waals surface area contributed by atoms with Crippen LogP contribution in [0.15, 0.2) is 28.8 Å². The highest BCUT2D eigenvalue weighted by Gasteiger charge is 2.29. The molecular weight excluding hydrogens is 351 g/mol. The number of carbonyl (C=O) groups is 1. The van der Waals surface area contributed by atoms with Crippen molar-refractivity contribution >= 4 is 6.03 Å². The fraction of sp³-hybridized carbons (Fsp3) is 0.333. The van der Waals surface area contributed by atoms with Gasteiger partial charge in [0.05, 0.1) is 6.54 Å². The molecule has 0 fully saturated rings. The van der Waals surface area contributed by atoms with Crippen molar-refractivity contribution in [1.29, 1.82) is 0 Å². The third kappa shape index (κ3) is 3.16. The number of nitrogens with one attached hydrogen (secondary N) is 1. The molecule has 0 aliphatic carbocycles. The van der Waals surface area contributed by atoms with Crippen LogP contribution in [0.4, 0.5) is 9.18 Å². The zero-order valence-corrected chi connectivity index (χ0v) is 15.1. The number of fused-ring (bicyclic) bond motifs is 1. The van der Waals surface area contributed by atoms with Crippen LogP contribution in [-0.4, -0.2) is 43.9 Å². The fourth-order valence-corrected chi connectivity index (χ4v) is 3.27. The Kier molecular flexibility index (Phi) is 4.35. The highest BCUT2D eigenvalue weighted by molar-refractivity contribution is 5.75. The van der Waals surface area contributed by atoms with E-state index >= 15 is 0 Å². The molecule has 0 bridgehead atoms. The van der Waals surface area contributed by atoms with Crippen molar-refractivity contribution in [3.63, 3.8) is 0 Å². The molecule has 0 atom stereocenters. The number of benzene rings is 1. The first-order valence-corrected chi connectivity index (χ1v) is 8.74. The number of rotatable bonds is 3. The van der Waals surface area contributed by atoms with Crippen molar-refractivity contribution in [2.45, 2.75) is 19.9 Å². The molecule has 9 heteroatoms. The molecule has 8 nitrogen and oxygen atoms in total. The Bertz CT molecular complexity index is 996. The molecule has 1 aliphatic heterocycles. The van der Waals surface area contributed by atoms with E-state index in [4.69, 9.17) is 4.52 Å². The molecule has 0 spiro atoms. The number of carbonyl (C=O) groups excluding carboxylic acids is 1. The minimum atomic E-state index is -0.369. The predicted molar refractivity (Wildman–Crippen MR) is 95.1 cm³/mol. The summed E-state index contributed by atoms with van der Waals surface area (Å²) in [5, 5.41) is 11.3. The molecule has 0 saturated carbocycles. The highest BCUT2D eigenvalue weighted by Crippen LogP contribution is 2.30. The molecule has 27 heavy (non-hydrogen) atoms. The smallest absolute Gasteiger partial charge is 0.317 e. The van der Waals surface area contributed by atoms with Crippen molar-refractivity contribution in [1.82, 2.24) is 30.1 Å². The lowest BCUT2D eigenvalue weighted by Crippen LogP contribution is -2.42. The van der Waals surface area contributed by atoms with Crippen molar-refractivity contribution in [3.05, 3.63) is 41.3 Å². The van der Waals surface area contributed by atoms with Gasteiger partial charge in [0.1, 0.15) is 5.82 Å². The summed E-state index contributed by atoms with van der Waals surface area (Å²) in [7, 11) is 1.86. The second-order valence-electron chi connectivity index (χ2n) is 6.34. The number of aryl methyl sites for hydroxylation is 1. The first-order chi connectivity index (χ1) is 13.1. The van der Waals surface area contributed by atoms with Crippen LogP contribution in [0.2, 0.25) is 0 Å². The summed E-state index contributed by atoms with van der Waals surface area (Å²) in [4.78, 5) is 18.3. The Morgan fingerprint density at radius 2 is 2.26 bits per heavy atom. The van der Waals surface area contributed by atoms with Gasteiger partial charge in [-0.1, -0.05) is 17.3 Å². The maximum atomic E-state index is 13.4. The van der Waals surface area contributed by atoms with Crippen molar-refractivity contribution in [2.24, 2.45) is 7.05 Å². The van der Waals surface area contributed by atoms with Crippen LogP contribution in [0, 0.1) is 5.82 Å². The molecule has 3 heterocycles. The third-order valence-electron chi connectivity index (χ3n) is 4.57. The van der Waals surface area contributed by atoms with Crippen molar-refractivity contribution < 1.29 is 13.7 Å². The van der Waals surface area contributed by atoms with Crippen molar-refractivity contribution in [3.8, 4) is 23.0 Å². The summed E-state index contributed by atoms with van der Waals surface area (Å²) in [5.74, 6) is 0.177. The molecule has 1 aromatic carbocycles. The summed E-state index contributed by atoms with van der Waals surface area (Å²) in [6.07, 6.45) is 0.695. The van der Waals surface area contributed by atoms with Crippen LogP contribution in [0.25, 0.3) is 23.0 Å². The van der Waals surface area contributed by atoms with Crippen LogP contribution < -0.4 is 5.32 Å². The number of hydrogen-bond acceptors (Lipinski definition) is 5. The quantitative estimate of drug-likeness (QED) is 0.765. The van der Waals surface area contributed by atoms with E-state index in [1.807, 2.05) is 14.0 Å². The van der Waals surface area contributed by atoms with E-state index in [-0.39, 0.29) is 17.7 Å². The standard InChI is InChI=1S/C18H19FN6O2/c1-3-20-18(26)25-8-7-14-13(10-25)15(22-24(14)2)17-21-16(23-27-17)11-5-4-6-12(19)9-11/h4-6,9H,3,7-8,10H2,1-2H3,(H,20,26). The lowest BCUT2D eigenvalue weighted by Gasteiger charge is -2.27. The number of aromatic nitrogens is 4. The average Bonchev–Trinajstić information content (AvgIpc) is 3.27. The maximum Gasteiger partial charge on any atom is 0.317 e. The van der Waals surface area contributed by atoms with E-state index in [0.717, 1.165) is 11.3 Å². The monoisotopic (exact) mass is 370 g/mol. The highest BCUT2D eigenvalue weighted by atomic mass is 19.1. The predicted octanol–water partition coefficient (Wildman–Crippen LogP) is 2.36. The van der Waals surface area contributed by atoms with E-state index in [2.05, 4.69) is 20.6 Å². The summed E-state index contributed by atoms with van der Waals surface area (Å²) in [6, 6.07) is 5.90. The Labute approximate surface area is 155 Å². The summed E-state index contributed by atoms with van der Waals surface area (Å²) < 4.78 is 20.6. The van der Waals surface area contributed by atoms with E-state index in [0.29, 0.717) is 43.1 Å². The Morgan fingerprint density at radius 3 is 3.04 bits per heavy atom. The number of halogens is 1. The molecule has 1 N–H and O–H groups in total. The molecule has 0 unspecified atom stereocenters.